The maximum absolute atomic E-state index is 13.7. The van der Waals surface area contributed by atoms with Crippen LogP contribution in [0.3, 0.4) is 0 Å². The Kier molecular flexibility index (Phi) is 9.71. The number of aliphatic hydroxyl groups is 1. The number of benzene rings is 1. The van der Waals surface area contributed by atoms with E-state index in [1.165, 1.54) is 11.0 Å². The molecule has 0 aliphatic rings. The van der Waals surface area contributed by atoms with Gasteiger partial charge in [-0.05, 0) is 53.5 Å². The van der Waals surface area contributed by atoms with E-state index in [1.54, 1.807) is 73.6 Å². The third-order valence-corrected chi connectivity index (χ3v) is 4.52. The molecule has 1 rings (SSSR count). The van der Waals surface area contributed by atoms with Gasteiger partial charge in [0.25, 0.3) is 0 Å². The van der Waals surface area contributed by atoms with Gasteiger partial charge in [0.15, 0.2) is 0 Å². The maximum Gasteiger partial charge on any atom is 0.408 e. The maximum atomic E-state index is 13.7. The number of phenols is 1. The van der Waals surface area contributed by atoms with Crippen molar-refractivity contribution in [3.05, 3.63) is 29.8 Å². The topological polar surface area (TPSA) is 128 Å². The van der Waals surface area contributed by atoms with Crippen LogP contribution >= 0.6 is 0 Å². The molecule has 0 aliphatic carbocycles. The zero-order chi connectivity index (χ0) is 25.6. The molecule has 9 heteroatoms. The molecular formula is C24H39N3O6. The molecule has 0 fully saturated rings. The zero-order valence-electron chi connectivity index (χ0n) is 20.9. The fourth-order valence-electron chi connectivity index (χ4n) is 3.21. The number of nitrogens with one attached hydrogen (secondary N) is 2. The van der Waals surface area contributed by atoms with Gasteiger partial charge in [-0.2, -0.15) is 0 Å². The number of hydrogen-bond acceptors (Lipinski definition) is 6. The average molecular weight is 466 g/mol. The summed E-state index contributed by atoms with van der Waals surface area (Å²) >= 11 is 0. The first-order valence-electron chi connectivity index (χ1n) is 11.1. The molecule has 0 aromatic heterocycles. The molecular weight excluding hydrogens is 426 g/mol. The number of para-hydroxylation sites is 1. The standard InChI is InChI=1S/C24H39N3O6/c1-15(2)18(25-22(32)33-24(6,7)8)21(31)27(13-14-28)19(20(30)26-23(3,4)5)16-11-9-10-12-17(16)29/h9-12,15,18-19,28-29H,13-14H2,1-8H3,(H,25,32)(H,26,30). The summed E-state index contributed by atoms with van der Waals surface area (Å²) in [4.78, 5) is 40.6. The van der Waals surface area contributed by atoms with Crippen LogP contribution in [-0.2, 0) is 14.3 Å². The molecule has 0 aliphatic heterocycles. The van der Waals surface area contributed by atoms with E-state index >= 15 is 0 Å². The highest BCUT2D eigenvalue weighted by Crippen LogP contribution is 2.30. The summed E-state index contributed by atoms with van der Waals surface area (Å²) in [6.07, 6.45) is -0.767. The van der Waals surface area contributed by atoms with Gasteiger partial charge in [0.05, 0.1) is 6.61 Å². The van der Waals surface area contributed by atoms with Crippen molar-refractivity contribution in [2.45, 2.75) is 78.6 Å². The van der Waals surface area contributed by atoms with E-state index in [1.807, 2.05) is 0 Å². The van der Waals surface area contributed by atoms with Crippen LogP contribution in [0.1, 0.15) is 67.0 Å². The molecule has 1 aromatic rings. The van der Waals surface area contributed by atoms with E-state index in [4.69, 9.17) is 4.74 Å². The van der Waals surface area contributed by atoms with E-state index in [9.17, 15) is 24.6 Å². The number of aromatic hydroxyl groups is 1. The molecule has 4 N–H and O–H groups in total. The molecule has 0 saturated carbocycles. The van der Waals surface area contributed by atoms with Gasteiger partial charge in [0.1, 0.15) is 23.4 Å². The second kappa shape index (κ2) is 11.4. The smallest absolute Gasteiger partial charge is 0.408 e. The van der Waals surface area contributed by atoms with Crippen LogP contribution < -0.4 is 10.6 Å². The van der Waals surface area contributed by atoms with Crippen LogP contribution in [0.4, 0.5) is 4.79 Å². The van der Waals surface area contributed by atoms with Crippen molar-refractivity contribution in [2.75, 3.05) is 13.2 Å². The van der Waals surface area contributed by atoms with Gasteiger partial charge in [-0.1, -0.05) is 32.0 Å². The third kappa shape index (κ3) is 8.92. The van der Waals surface area contributed by atoms with Crippen LogP contribution in [-0.4, -0.2) is 63.4 Å². The molecule has 0 radical (unpaired) electrons. The van der Waals surface area contributed by atoms with Crippen molar-refractivity contribution in [3.63, 3.8) is 0 Å². The number of rotatable bonds is 8. The summed E-state index contributed by atoms with van der Waals surface area (Å²) in [7, 11) is 0. The Morgan fingerprint density at radius 1 is 1.06 bits per heavy atom. The molecule has 1 aromatic carbocycles. The predicted molar refractivity (Wildman–Crippen MR) is 126 cm³/mol. The van der Waals surface area contributed by atoms with Gasteiger partial charge in [-0.25, -0.2) is 4.79 Å². The Morgan fingerprint density at radius 3 is 2.09 bits per heavy atom. The van der Waals surface area contributed by atoms with E-state index in [0.717, 1.165) is 0 Å². The SMILES string of the molecule is CC(C)C(NC(=O)OC(C)(C)C)C(=O)N(CCO)C(C(=O)NC(C)(C)C)c1ccccc1O. The van der Waals surface area contributed by atoms with Crippen molar-refractivity contribution >= 4 is 17.9 Å². The molecule has 0 saturated heterocycles. The van der Waals surface area contributed by atoms with E-state index < -0.39 is 47.7 Å². The number of amides is 3. The van der Waals surface area contributed by atoms with Crippen LogP contribution in [0.25, 0.3) is 0 Å². The first-order valence-corrected chi connectivity index (χ1v) is 11.1. The fraction of sp³-hybridized carbons (Fsp3) is 0.625. The van der Waals surface area contributed by atoms with Crippen LogP contribution in [0, 0.1) is 5.92 Å². The molecule has 0 spiro atoms. The van der Waals surface area contributed by atoms with Gasteiger partial charge >= 0.3 is 6.09 Å². The van der Waals surface area contributed by atoms with Crippen LogP contribution in [0.15, 0.2) is 24.3 Å². The Bertz CT molecular complexity index is 826. The largest absolute Gasteiger partial charge is 0.508 e. The number of carbonyl (C=O) groups is 3. The number of alkyl carbamates (subject to hydrolysis) is 1. The van der Waals surface area contributed by atoms with E-state index in [-0.39, 0.29) is 23.8 Å². The Morgan fingerprint density at radius 2 is 1.64 bits per heavy atom. The van der Waals surface area contributed by atoms with Crippen molar-refractivity contribution in [1.82, 2.24) is 15.5 Å². The molecule has 2 atom stereocenters. The monoisotopic (exact) mass is 465 g/mol. The van der Waals surface area contributed by atoms with Gasteiger partial charge < -0.3 is 30.5 Å². The number of phenolic OH excluding ortho intramolecular Hbond substituents is 1. The van der Waals surface area contributed by atoms with Gasteiger partial charge in [0, 0.05) is 17.6 Å². The summed E-state index contributed by atoms with van der Waals surface area (Å²) in [5.74, 6) is -1.61. The molecule has 3 amide bonds. The second-order valence-electron chi connectivity index (χ2n) is 10.3. The summed E-state index contributed by atoms with van der Waals surface area (Å²) in [5, 5.41) is 25.6. The molecule has 9 nitrogen and oxygen atoms in total. The quantitative estimate of drug-likeness (QED) is 0.467. The third-order valence-electron chi connectivity index (χ3n) is 4.52. The Hall–Kier alpha value is -2.81. The molecule has 33 heavy (non-hydrogen) atoms. The van der Waals surface area contributed by atoms with Crippen LogP contribution in [0.5, 0.6) is 5.75 Å². The normalized spacial score (nSPS) is 13.8. The van der Waals surface area contributed by atoms with Crippen molar-refractivity contribution in [2.24, 2.45) is 5.92 Å². The Balaban J connectivity index is 3.45. The van der Waals surface area contributed by atoms with Crippen molar-refractivity contribution in [1.29, 1.82) is 0 Å². The highest BCUT2D eigenvalue weighted by molar-refractivity contribution is 5.93. The second-order valence-corrected chi connectivity index (χ2v) is 10.3. The lowest BCUT2D eigenvalue weighted by molar-refractivity contribution is -0.144. The molecule has 2 unspecified atom stereocenters. The fourth-order valence-corrected chi connectivity index (χ4v) is 3.21. The summed E-state index contributed by atoms with van der Waals surface area (Å²) in [6, 6.07) is 3.97. The number of ether oxygens (including phenoxy) is 1. The lowest BCUT2D eigenvalue weighted by atomic mass is 9.97. The number of carbonyl (C=O) groups excluding carboxylic acids is 3. The minimum absolute atomic E-state index is 0.163. The van der Waals surface area contributed by atoms with Crippen molar-refractivity contribution < 1.29 is 29.3 Å². The van der Waals surface area contributed by atoms with Gasteiger partial charge in [-0.15, -0.1) is 0 Å². The van der Waals surface area contributed by atoms with E-state index in [0.29, 0.717) is 0 Å². The van der Waals surface area contributed by atoms with E-state index in [2.05, 4.69) is 10.6 Å². The highest BCUT2D eigenvalue weighted by Gasteiger charge is 2.39. The lowest BCUT2D eigenvalue weighted by Gasteiger charge is -2.36. The molecule has 0 bridgehead atoms. The molecule has 186 valence electrons. The summed E-state index contributed by atoms with van der Waals surface area (Å²) in [6.45, 7) is 13.4. The molecule has 0 heterocycles. The average Bonchev–Trinajstić information content (AvgIpc) is 2.63. The zero-order valence-corrected chi connectivity index (χ0v) is 20.9. The first-order chi connectivity index (χ1) is 15.1. The minimum Gasteiger partial charge on any atom is -0.508 e. The summed E-state index contributed by atoms with van der Waals surface area (Å²) in [5.41, 5.74) is -1.16. The lowest BCUT2D eigenvalue weighted by Crippen LogP contribution is -2.56. The number of nitrogens with zero attached hydrogens (tertiary/aromatic N) is 1. The summed E-state index contributed by atoms with van der Waals surface area (Å²) < 4.78 is 5.30. The van der Waals surface area contributed by atoms with Crippen molar-refractivity contribution in [3.8, 4) is 5.75 Å². The first kappa shape index (κ1) is 28.2. The highest BCUT2D eigenvalue weighted by atomic mass is 16.6. The predicted octanol–water partition coefficient (Wildman–Crippen LogP) is 2.72. The van der Waals surface area contributed by atoms with Crippen LogP contribution in [0.2, 0.25) is 0 Å². The van der Waals surface area contributed by atoms with Gasteiger partial charge in [-0.3, -0.25) is 9.59 Å². The Labute approximate surface area is 196 Å². The van der Waals surface area contributed by atoms with Gasteiger partial charge in [0.2, 0.25) is 11.8 Å². The number of aliphatic hydroxyl groups excluding tert-OH is 1. The minimum atomic E-state index is -1.23. The number of hydrogen-bond donors (Lipinski definition) is 4.